The van der Waals surface area contributed by atoms with E-state index in [1.54, 1.807) is 6.07 Å². The van der Waals surface area contributed by atoms with Gasteiger partial charge in [0.2, 0.25) is 5.91 Å². The smallest absolute Gasteiger partial charge is 0.261 e. The molecule has 0 unspecified atom stereocenters. The monoisotopic (exact) mass is 377 g/mol. The summed E-state index contributed by atoms with van der Waals surface area (Å²) < 4.78 is 41.5. The Balaban J connectivity index is 1.82. The van der Waals surface area contributed by atoms with E-state index >= 15 is 0 Å². The maximum atomic E-state index is 14.1. The minimum absolute atomic E-state index is 0.0161. The van der Waals surface area contributed by atoms with Crippen LogP contribution in [0.3, 0.4) is 0 Å². The van der Waals surface area contributed by atoms with E-state index in [1.165, 1.54) is 43.3 Å². The molecule has 2 aromatic carbocycles. The van der Waals surface area contributed by atoms with Gasteiger partial charge in [-0.15, -0.1) is 0 Å². The van der Waals surface area contributed by atoms with Crippen LogP contribution in [0.2, 0.25) is 0 Å². The van der Waals surface area contributed by atoms with Crippen molar-refractivity contribution in [3.8, 4) is 0 Å². The normalized spacial score (nSPS) is 14.3. The first kappa shape index (κ1) is 18.2. The third-order valence-corrected chi connectivity index (χ3v) is 5.53. The molecule has 2 N–H and O–H groups in total. The minimum Gasteiger partial charge on any atom is -0.371 e. The zero-order valence-corrected chi connectivity index (χ0v) is 15.1. The number of sulfonamides is 1. The molecule has 0 atom stereocenters. The second-order valence-electron chi connectivity index (χ2n) is 6.17. The Hall–Kier alpha value is -2.61. The number of rotatable bonds is 5. The van der Waals surface area contributed by atoms with Crippen LogP contribution in [0.5, 0.6) is 0 Å². The molecule has 0 bridgehead atoms. The van der Waals surface area contributed by atoms with Gasteiger partial charge in [-0.1, -0.05) is 0 Å². The Bertz CT molecular complexity index is 908. The highest BCUT2D eigenvalue weighted by Gasteiger charge is 2.19. The van der Waals surface area contributed by atoms with Crippen LogP contribution in [0, 0.1) is 5.82 Å². The fourth-order valence-corrected chi connectivity index (χ4v) is 3.95. The third-order valence-electron chi connectivity index (χ3n) is 4.15. The fraction of sp³-hybridized carbons (Fsp3) is 0.278. The minimum atomic E-state index is -3.94. The van der Waals surface area contributed by atoms with Gasteiger partial charge in [0, 0.05) is 31.4 Å². The van der Waals surface area contributed by atoms with Gasteiger partial charge in [0.25, 0.3) is 10.0 Å². The number of hydrogen-bond donors (Lipinski definition) is 2. The second kappa shape index (κ2) is 7.33. The van der Waals surface area contributed by atoms with Gasteiger partial charge in [-0.3, -0.25) is 9.52 Å². The molecular formula is C18H20FN3O3S. The summed E-state index contributed by atoms with van der Waals surface area (Å²) in [6, 6.07) is 10.1. The van der Waals surface area contributed by atoms with Gasteiger partial charge in [-0.25, -0.2) is 12.8 Å². The van der Waals surface area contributed by atoms with Crippen LogP contribution in [0.25, 0.3) is 0 Å². The maximum absolute atomic E-state index is 14.1. The third kappa shape index (κ3) is 4.13. The quantitative estimate of drug-likeness (QED) is 0.839. The molecule has 0 aromatic heterocycles. The summed E-state index contributed by atoms with van der Waals surface area (Å²) in [5.74, 6) is -0.883. The number of hydrogen-bond acceptors (Lipinski definition) is 4. The molecule has 0 radical (unpaired) electrons. The SMILES string of the molecule is CC(=O)Nc1ccc(S(=O)(=O)Nc2cc(N3CCCC3)ccc2F)cc1. The van der Waals surface area contributed by atoms with Crippen molar-refractivity contribution < 1.29 is 17.6 Å². The molecule has 0 spiro atoms. The molecule has 1 amide bonds. The first-order valence-electron chi connectivity index (χ1n) is 8.30. The fourth-order valence-electron chi connectivity index (χ4n) is 2.89. The lowest BCUT2D eigenvalue weighted by atomic mass is 10.2. The number of halogens is 1. The van der Waals surface area contributed by atoms with Gasteiger partial charge in [0.15, 0.2) is 0 Å². The molecule has 6 nitrogen and oxygen atoms in total. The highest BCUT2D eigenvalue weighted by atomic mass is 32.2. The van der Waals surface area contributed by atoms with Crippen molar-refractivity contribution in [1.82, 2.24) is 0 Å². The zero-order chi connectivity index (χ0) is 18.7. The molecule has 0 saturated carbocycles. The number of benzene rings is 2. The summed E-state index contributed by atoms with van der Waals surface area (Å²) >= 11 is 0. The van der Waals surface area contributed by atoms with E-state index in [-0.39, 0.29) is 16.5 Å². The summed E-state index contributed by atoms with van der Waals surface area (Å²) in [6.45, 7) is 3.12. The van der Waals surface area contributed by atoms with Crippen LogP contribution in [-0.4, -0.2) is 27.4 Å². The Morgan fingerprint density at radius 1 is 1.08 bits per heavy atom. The number of carbonyl (C=O) groups is 1. The lowest BCUT2D eigenvalue weighted by Crippen LogP contribution is -2.19. The molecule has 1 saturated heterocycles. The van der Waals surface area contributed by atoms with Gasteiger partial charge in [0.1, 0.15) is 5.82 Å². The predicted molar refractivity (Wildman–Crippen MR) is 99.4 cm³/mol. The van der Waals surface area contributed by atoms with Crippen molar-refractivity contribution in [2.45, 2.75) is 24.7 Å². The maximum Gasteiger partial charge on any atom is 0.261 e. The molecule has 26 heavy (non-hydrogen) atoms. The van der Waals surface area contributed by atoms with Crippen LogP contribution in [-0.2, 0) is 14.8 Å². The van der Waals surface area contributed by atoms with Gasteiger partial charge in [-0.2, -0.15) is 0 Å². The Morgan fingerprint density at radius 3 is 2.35 bits per heavy atom. The molecule has 1 aliphatic heterocycles. The summed E-state index contributed by atoms with van der Waals surface area (Å²) in [5, 5.41) is 2.56. The Labute approximate surface area is 152 Å². The van der Waals surface area contributed by atoms with E-state index in [9.17, 15) is 17.6 Å². The lowest BCUT2D eigenvalue weighted by Gasteiger charge is -2.19. The van der Waals surface area contributed by atoms with Crippen LogP contribution in [0.4, 0.5) is 21.5 Å². The van der Waals surface area contributed by atoms with Crippen molar-refractivity contribution in [1.29, 1.82) is 0 Å². The van der Waals surface area contributed by atoms with E-state index in [0.29, 0.717) is 5.69 Å². The van der Waals surface area contributed by atoms with Gasteiger partial charge >= 0.3 is 0 Å². The molecule has 1 aliphatic rings. The molecule has 1 fully saturated rings. The van der Waals surface area contributed by atoms with Crippen LogP contribution < -0.4 is 14.9 Å². The molecule has 2 aromatic rings. The molecule has 138 valence electrons. The van der Waals surface area contributed by atoms with E-state index in [4.69, 9.17) is 0 Å². The highest BCUT2D eigenvalue weighted by Crippen LogP contribution is 2.27. The van der Waals surface area contributed by atoms with Crippen LogP contribution >= 0.6 is 0 Å². The largest absolute Gasteiger partial charge is 0.371 e. The van der Waals surface area contributed by atoms with Gasteiger partial charge in [0.05, 0.1) is 10.6 Å². The molecule has 8 heteroatoms. The van der Waals surface area contributed by atoms with E-state index in [0.717, 1.165) is 31.6 Å². The van der Waals surface area contributed by atoms with Crippen molar-refractivity contribution in [3.05, 3.63) is 48.3 Å². The van der Waals surface area contributed by atoms with Crippen LogP contribution in [0.1, 0.15) is 19.8 Å². The number of nitrogens with zero attached hydrogens (tertiary/aromatic N) is 1. The second-order valence-corrected chi connectivity index (χ2v) is 7.85. The summed E-state index contributed by atoms with van der Waals surface area (Å²) in [7, 11) is -3.94. The average Bonchev–Trinajstić information content (AvgIpc) is 3.11. The Morgan fingerprint density at radius 2 is 1.73 bits per heavy atom. The van der Waals surface area contributed by atoms with Crippen molar-refractivity contribution in [2.75, 3.05) is 28.0 Å². The van der Waals surface area contributed by atoms with Gasteiger partial charge < -0.3 is 10.2 Å². The zero-order valence-electron chi connectivity index (χ0n) is 14.3. The lowest BCUT2D eigenvalue weighted by molar-refractivity contribution is -0.114. The standard InChI is InChI=1S/C18H20FN3O3S/c1-13(23)20-14-4-7-16(8-5-14)26(24,25)21-18-12-15(6-9-17(18)19)22-10-2-3-11-22/h4-9,12,21H,2-3,10-11H2,1H3,(H,20,23). The Kier molecular flexibility index (Phi) is 5.13. The summed E-state index contributed by atoms with van der Waals surface area (Å²) in [6.07, 6.45) is 2.14. The number of amides is 1. The molecule has 3 rings (SSSR count). The number of carbonyl (C=O) groups excluding carboxylic acids is 1. The average molecular weight is 377 g/mol. The first-order chi connectivity index (χ1) is 12.3. The van der Waals surface area contributed by atoms with Crippen molar-refractivity contribution in [3.63, 3.8) is 0 Å². The molecular weight excluding hydrogens is 357 g/mol. The predicted octanol–water partition coefficient (Wildman–Crippen LogP) is 3.19. The summed E-state index contributed by atoms with van der Waals surface area (Å²) in [4.78, 5) is 13.1. The van der Waals surface area contributed by atoms with E-state index in [1.807, 2.05) is 0 Å². The molecule has 0 aliphatic carbocycles. The first-order valence-corrected chi connectivity index (χ1v) is 9.78. The van der Waals surface area contributed by atoms with Crippen molar-refractivity contribution >= 4 is 33.0 Å². The highest BCUT2D eigenvalue weighted by molar-refractivity contribution is 7.92. The van der Waals surface area contributed by atoms with Crippen LogP contribution in [0.15, 0.2) is 47.4 Å². The topological polar surface area (TPSA) is 78.5 Å². The van der Waals surface area contributed by atoms with E-state index in [2.05, 4.69) is 14.9 Å². The van der Waals surface area contributed by atoms with Crippen molar-refractivity contribution in [2.24, 2.45) is 0 Å². The number of anilines is 3. The molecule has 1 heterocycles. The summed E-state index contributed by atoms with van der Waals surface area (Å²) in [5.41, 5.74) is 1.20. The van der Waals surface area contributed by atoms with Gasteiger partial charge in [-0.05, 0) is 55.3 Å². The van der Waals surface area contributed by atoms with E-state index < -0.39 is 15.8 Å². The number of nitrogens with one attached hydrogen (secondary N) is 2.